The minimum Gasteiger partial charge on any atom is -0.165 e. The van der Waals surface area contributed by atoms with Crippen molar-refractivity contribution in [2.45, 2.75) is 64.8 Å². The Kier molecular flexibility index (Phi) is 8.95. The van der Waals surface area contributed by atoms with Gasteiger partial charge in [0.25, 0.3) is 0 Å². The third-order valence-electron chi connectivity index (χ3n) is 2.32. The molecule has 0 bridgehead atoms. The Labute approximate surface area is 76.3 Å². The lowest BCUT2D eigenvalue weighted by molar-refractivity contribution is 0.0392. The van der Waals surface area contributed by atoms with Gasteiger partial charge in [0.15, 0.2) is 0 Å². The highest BCUT2D eigenvalue weighted by Gasteiger charge is 2.02. The van der Waals surface area contributed by atoms with Gasteiger partial charge in [0, 0.05) is 6.04 Å². The molecule has 0 saturated carbocycles. The van der Waals surface area contributed by atoms with Gasteiger partial charge in [-0.2, -0.15) is 5.48 Å². The molecule has 2 nitrogen and oxygen atoms in total. The predicted octanol–water partition coefficient (Wildman–Crippen LogP) is 3.06. The first kappa shape index (κ1) is 11.9. The van der Waals surface area contributed by atoms with E-state index in [0.717, 1.165) is 12.8 Å². The molecule has 0 amide bonds. The molecule has 1 unspecified atom stereocenters. The van der Waals surface area contributed by atoms with E-state index in [1.165, 1.54) is 32.1 Å². The van der Waals surface area contributed by atoms with Gasteiger partial charge < -0.3 is 0 Å². The smallest absolute Gasteiger partial charge is 0.0350 e. The first-order valence-electron chi connectivity index (χ1n) is 5.22. The first-order chi connectivity index (χ1) is 5.85. The van der Waals surface area contributed by atoms with Crippen molar-refractivity contribution in [1.82, 2.24) is 5.48 Å². The molecule has 0 spiro atoms. The minimum absolute atomic E-state index is 0.201. The van der Waals surface area contributed by atoms with Crippen molar-refractivity contribution in [3.05, 3.63) is 0 Å². The van der Waals surface area contributed by atoms with E-state index < -0.39 is 0 Å². The molecule has 1 N–H and O–H groups in total. The molecule has 0 saturated heterocycles. The van der Waals surface area contributed by atoms with Crippen LogP contribution in [0.15, 0.2) is 0 Å². The number of rotatable bonds is 8. The highest BCUT2D eigenvalue weighted by molar-refractivity contribution is 4.58. The zero-order valence-corrected chi connectivity index (χ0v) is 8.44. The summed E-state index contributed by atoms with van der Waals surface area (Å²) in [5.41, 5.74) is 2.09. The zero-order valence-electron chi connectivity index (χ0n) is 8.44. The summed E-state index contributed by atoms with van der Waals surface area (Å²) in [7, 11) is 0. The average Bonchev–Trinajstić information content (AvgIpc) is 2.11. The van der Waals surface area contributed by atoms with Crippen LogP contribution < -0.4 is 5.48 Å². The molecule has 1 radical (unpaired) electrons. The van der Waals surface area contributed by atoms with Gasteiger partial charge in [-0.15, -0.1) is 5.21 Å². The fourth-order valence-corrected chi connectivity index (χ4v) is 1.34. The predicted molar refractivity (Wildman–Crippen MR) is 51.3 cm³/mol. The Morgan fingerprint density at radius 2 is 1.75 bits per heavy atom. The summed E-state index contributed by atoms with van der Waals surface area (Å²) in [5.74, 6) is 0. The van der Waals surface area contributed by atoms with Gasteiger partial charge in [-0.3, -0.25) is 0 Å². The van der Waals surface area contributed by atoms with E-state index in [1.54, 1.807) is 0 Å². The summed E-state index contributed by atoms with van der Waals surface area (Å²) in [4.78, 5) is 0. The van der Waals surface area contributed by atoms with Crippen molar-refractivity contribution >= 4 is 0 Å². The lowest BCUT2D eigenvalue weighted by atomic mass is 10.1. The van der Waals surface area contributed by atoms with Crippen molar-refractivity contribution in [3.63, 3.8) is 0 Å². The van der Waals surface area contributed by atoms with Crippen molar-refractivity contribution in [3.8, 4) is 0 Å². The largest absolute Gasteiger partial charge is 0.165 e. The van der Waals surface area contributed by atoms with Crippen LogP contribution in [0.3, 0.4) is 0 Å². The molecule has 0 aliphatic carbocycles. The Bertz CT molecular complexity index is 81.9. The van der Waals surface area contributed by atoms with Crippen LogP contribution in [0.5, 0.6) is 0 Å². The summed E-state index contributed by atoms with van der Waals surface area (Å²) in [6, 6.07) is 0.201. The maximum Gasteiger partial charge on any atom is 0.0350 e. The van der Waals surface area contributed by atoms with Crippen molar-refractivity contribution in [2.75, 3.05) is 0 Å². The summed E-state index contributed by atoms with van der Waals surface area (Å²) in [6.07, 6.45) is 8.44. The number of unbranched alkanes of at least 4 members (excludes halogenated alkanes) is 4. The Balaban J connectivity index is 3.06. The SMILES string of the molecule is CCCCCCCC(CC)N[O]. The van der Waals surface area contributed by atoms with Crippen LogP contribution in [-0.4, -0.2) is 6.04 Å². The van der Waals surface area contributed by atoms with Gasteiger partial charge in [0.2, 0.25) is 0 Å². The van der Waals surface area contributed by atoms with Crippen LogP contribution in [-0.2, 0) is 5.21 Å². The average molecular weight is 172 g/mol. The molecule has 2 heteroatoms. The summed E-state index contributed by atoms with van der Waals surface area (Å²) in [5, 5.41) is 10.3. The lowest BCUT2D eigenvalue weighted by Crippen LogP contribution is -2.23. The molecule has 0 aliphatic heterocycles. The van der Waals surface area contributed by atoms with E-state index >= 15 is 0 Å². The maximum atomic E-state index is 10.3. The van der Waals surface area contributed by atoms with Crippen molar-refractivity contribution in [1.29, 1.82) is 0 Å². The Morgan fingerprint density at radius 1 is 1.08 bits per heavy atom. The van der Waals surface area contributed by atoms with E-state index in [0.29, 0.717) is 0 Å². The number of hydrogen-bond donors (Lipinski definition) is 1. The maximum absolute atomic E-state index is 10.3. The highest BCUT2D eigenvalue weighted by Crippen LogP contribution is 2.08. The van der Waals surface area contributed by atoms with Crippen molar-refractivity contribution < 1.29 is 5.21 Å². The summed E-state index contributed by atoms with van der Waals surface area (Å²) < 4.78 is 0. The normalized spacial score (nSPS) is 13.2. The van der Waals surface area contributed by atoms with Crippen LogP contribution >= 0.6 is 0 Å². The molecular weight excluding hydrogens is 150 g/mol. The van der Waals surface area contributed by atoms with Gasteiger partial charge in [-0.05, 0) is 12.8 Å². The van der Waals surface area contributed by atoms with Gasteiger partial charge in [-0.25, -0.2) is 0 Å². The molecule has 0 aliphatic rings. The topological polar surface area (TPSA) is 31.9 Å². The molecule has 0 fully saturated rings. The molecule has 0 aromatic carbocycles. The van der Waals surface area contributed by atoms with Crippen LogP contribution in [0.25, 0.3) is 0 Å². The zero-order chi connectivity index (χ0) is 9.23. The highest BCUT2D eigenvalue weighted by atomic mass is 16.5. The Morgan fingerprint density at radius 3 is 2.25 bits per heavy atom. The van der Waals surface area contributed by atoms with E-state index in [4.69, 9.17) is 0 Å². The van der Waals surface area contributed by atoms with Gasteiger partial charge >= 0.3 is 0 Å². The van der Waals surface area contributed by atoms with Gasteiger partial charge in [-0.1, -0.05) is 46.0 Å². The quantitative estimate of drug-likeness (QED) is 0.443. The number of hydrogen-bond acceptors (Lipinski definition) is 1. The third-order valence-corrected chi connectivity index (χ3v) is 2.32. The third kappa shape index (κ3) is 6.62. The van der Waals surface area contributed by atoms with Crippen molar-refractivity contribution in [2.24, 2.45) is 0 Å². The molecule has 0 rings (SSSR count). The second kappa shape index (κ2) is 9.01. The van der Waals surface area contributed by atoms with Gasteiger partial charge in [0.05, 0.1) is 0 Å². The minimum atomic E-state index is 0.201. The van der Waals surface area contributed by atoms with Crippen LogP contribution in [0.2, 0.25) is 0 Å². The first-order valence-corrected chi connectivity index (χ1v) is 5.22. The van der Waals surface area contributed by atoms with E-state index in [-0.39, 0.29) is 6.04 Å². The molecule has 0 aromatic rings. The number of hydroxylamine groups is 1. The second-order valence-electron chi connectivity index (χ2n) is 3.43. The van der Waals surface area contributed by atoms with E-state index in [2.05, 4.69) is 19.3 Å². The standard InChI is InChI=1S/C10H22NO/c1-3-5-6-7-8-9-10(4-2)11-12/h10-11H,3-9H2,1-2H3. The van der Waals surface area contributed by atoms with Crippen LogP contribution in [0.1, 0.15) is 58.8 Å². The molecule has 0 heterocycles. The summed E-state index contributed by atoms with van der Waals surface area (Å²) in [6.45, 7) is 4.27. The molecule has 12 heavy (non-hydrogen) atoms. The Hall–Kier alpha value is -0.0800. The lowest BCUT2D eigenvalue weighted by Gasteiger charge is -2.09. The van der Waals surface area contributed by atoms with Crippen LogP contribution in [0, 0.1) is 0 Å². The number of nitrogens with one attached hydrogen (secondary N) is 1. The van der Waals surface area contributed by atoms with Gasteiger partial charge in [0.1, 0.15) is 0 Å². The monoisotopic (exact) mass is 172 g/mol. The van der Waals surface area contributed by atoms with E-state index in [9.17, 15) is 5.21 Å². The van der Waals surface area contributed by atoms with E-state index in [1.807, 2.05) is 0 Å². The molecule has 1 atom stereocenters. The summed E-state index contributed by atoms with van der Waals surface area (Å²) >= 11 is 0. The fourth-order valence-electron chi connectivity index (χ4n) is 1.34. The fraction of sp³-hybridized carbons (Fsp3) is 1.00. The van der Waals surface area contributed by atoms with Crippen LogP contribution in [0.4, 0.5) is 0 Å². The molecule has 73 valence electrons. The molecule has 0 aromatic heterocycles. The second-order valence-corrected chi connectivity index (χ2v) is 3.43. The molecular formula is C10H22NO.